The molecule has 0 aromatic heterocycles. The topological polar surface area (TPSA) is 94.5 Å². The zero-order valence-corrected chi connectivity index (χ0v) is 21.2. The molecular weight excluding hydrogens is 498 g/mol. The second-order valence-corrected chi connectivity index (χ2v) is 8.94. The molecule has 37 heavy (non-hydrogen) atoms. The number of Topliss-reactive ketones (excluding diaryl/α,β-unsaturated/α-hetero) is 1. The number of methoxy groups -OCH3 is 1. The zero-order chi connectivity index (χ0) is 26.3. The highest BCUT2D eigenvalue weighted by atomic mass is 35.5. The maximum Gasteiger partial charge on any atom is 0.300 e. The lowest BCUT2D eigenvalue weighted by atomic mass is 9.94. The molecule has 1 unspecified atom stereocenters. The number of carbonyl (C=O) groups is 2. The molecule has 2 aliphatic rings. The fraction of sp³-hybridized carbons (Fsp3) is 0.214. The number of aryl methyl sites for hydroxylation is 1. The zero-order valence-electron chi connectivity index (χ0n) is 20.4. The number of hydrogen-bond donors (Lipinski definition) is 1. The molecule has 5 rings (SSSR count). The fourth-order valence-electron chi connectivity index (χ4n) is 4.62. The van der Waals surface area contributed by atoms with E-state index in [1.54, 1.807) is 61.5 Å². The Balaban J connectivity index is 1.72. The minimum atomic E-state index is -0.944. The van der Waals surface area contributed by atoms with E-state index in [0.29, 0.717) is 35.1 Å². The van der Waals surface area contributed by atoms with Gasteiger partial charge in [-0.15, -0.1) is 0 Å². The van der Waals surface area contributed by atoms with Gasteiger partial charge in [0.2, 0.25) is 6.79 Å². The lowest BCUT2D eigenvalue weighted by Crippen LogP contribution is -2.29. The Labute approximate surface area is 218 Å². The number of anilines is 1. The molecule has 3 aromatic rings. The van der Waals surface area contributed by atoms with E-state index in [1.807, 2.05) is 6.92 Å². The Morgan fingerprint density at radius 3 is 2.51 bits per heavy atom. The number of halogens is 1. The van der Waals surface area contributed by atoms with Crippen molar-refractivity contribution >= 4 is 34.7 Å². The molecule has 0 spiro atoms. The van der Waals surface area contributed by atoms with Crippen LogP contribution in [0, 0.1) is 6.92 Å². The van der Waals surface area contributed by atoms with Crippen LogP contribution < -0.4 is 23.8 Å². The second-order valence-electron chi connectivity index (χ2n) is 8.54. The van der Waals surface area contributed by atoms with Crippen LogP contribution in [0.15, 0.2) is 60.2 Å². The van der Waals surface area contributed by atoms with Crippen molar-refractivity contribution in [1.29, 1.82) is 0 Å². The predicted octanol–water partition coefficient (Wildman–Crippen LogP) is 5.41. The standard InChI is InChI=1S/C28H24ClNO7/c1-4-35-18-8-5-16(6-9-18)24-23(25(31)19-11-15(2)12-20(29)27(19)34-3)26(32)28(33)30(24)17-7-10-21-22(13-17)37-14-36-21/h5-13,24,31H,4,14H2,1-3H3/b25-23+. The Morgan fingerprint density at radius 1 is 1.08 bits per heavy atom. The first-order valence-electron chi connectivity index (χ1n) is 11.6. The number of amides is 1. The number of carbonyl (C=O) groups excluding carboxylic acids is 2. The van der Waals surface area contributed by atoms with Crippen molar-refractivity contribution < 1.29 is 33.6 Å². The molecule has 2 heterocycles. The molecule has 1 fully saturated rings. The van der Waals surface area contributed by atoms with Crippen molar-refractivity contribution in [3.05, 3.63) is 81.9 Å². The number of benzene rings is 3. The van der Waals surface area contributed by atoms with Gasteiger partial charge in [-0.05, 0) is 61.4 Å². The van der Waals surface area contributed by atoms with Crippen molar-refractivity contribution in [1.82, 2.24) is 0 Å². The van der Waals surface area contributed by atoms with Gasteiger partial charge in [0.05, 0.1) is 35.9 Å². The minimum absolute atomic E-state index is 0.0633. The van der Waals surface area contributed by atoms with Crippen LogP contribution in [0.2, 0.25) is 5.02 Å². The van der Waals surface area contributed by atoms with Gasteiger partial charge in [-0.2, -0.15) is 0 Å². The summed E-state index contributed by atoms with van der Waals surface area (Å²) in [5, 5.41) is 11.8. The van der Waals surface area contributed by atoms with Crippen molar-refractivity contribution in [2.45, 2.75) is 19.9 Å². The normalized spacial score (nSPS) is 17.8. The van der Waals surface area contributed by atoms with Crippen LogP contribution >= 0.6 is 11.6 Å². The highest BCUT2D eigenvalue weighted by Crippen LogP contribution is 2.46. The van der Waals surface area contributed by atoms with Gasteiger partial charge in [0.25, 0.3) is 11.7 Å². The van der Waals surface area contributed by atoms with Gasteiger partial charge >= 0.3 is 0 Å². The van der Waals surface area contributed by atoms with Crippen LogP contribution in [-0.2, 0) is 9.59 Å². The van der Waals surface area contributed by atoms with E-state index >= 15 is 0 Å². The summed E-state index contributed by atoms with van der Waals surface area (Å²) < 4.78 is 21.9. The third-order valence-corrected chi connectivity index (χ3v) is 6.51. The number of rotatable bonds is 6. The molecule has 1 N–H and O–H groups in total. The van der Waals surface area contributed by atoms with E-state index in [4.69, 9.17) is 30.5 Å². The van der Waals surface area contributed by atoms with Gasteiger partial charge in [0.15, 0.2) is 11.5 Å². The molecule has 1 amide bonds. The summed E-state index contributed by atoms with van der Waals surface area (Å²) in [5.41, 5.74) is 1.88. The largest absolute Gasteiger partial charge is 0.507 e. The Kier molecular flexibility index (Phi) is 6.43. The molecule has 2 aliphatic heterocycles. The lowest BCUT2D eigenvalue weighted by molar-refractivity contribution is -0.132. The van der Waals surface area contributed by atoms with E-state index in [1.165, 1.54) is 12.0 Å². The molecule has 1 saturated heterocycles. The SMILES string of the molecule is CCOc1ccc(C2/C(=C(\O)c3cc(C)cc(Cl)c3OC)C(=O)C(=O)N2c2ccc3c(c2)OCO3)cc1. The summed E-state index contributed by atoms with van der Waals surface area (Å²) in [7, 11) is 1.42. The number of hydrogen-bond acceptors (Lipinski definition) is 7. The van der Waals surface area contributed by atoms with E-state index < -0.39 is 17.7 Å². The van der Waals surface area contributed by atoms with Crippen molar-refractivity contribution in [2.75, 3.05) is 25.4 Å². The Morgan fingerprint density at radius 2 is 1.81 bits per heavy atom. The van der Waals surface area contributed by atoms with Crippen LogP contribution in [0.25, 0.3) is 5.76 Å². The van der Waals surface area contributed by atoms with Gasteiger partial charge in [0.1, 0.15) is 17.3 Å². The van der Waals surface area contributed by atoms with Gasteiger partial charge < -0.3 is 24.1 Å². The van der Waals surface area contributed by atoms with Crippen LogP contribution in [0.3, 0.4) is 0 Å². The monoisotopic (exact) mass is 521 g/mol. The lowest BCUT2D eigenvalue weighted by Gasteiger charge is -2.26. The fourth-order valence-corrected chi connectivity index (χ4v) is 4.97. The highest BCUT2D eigenvalue weighted by molar-refractivity contribution is 6.51. The van der Waals surface area contributed by atoms with E-state index in [9.17, 15) is 14.7 Å². The highest BCUT2D eigenvalue weighted by Gasteiger charge is 2.47. The molecule has 8 nitrogen and oxygen atoms in total. The van der Waals surface area contributed by atoms with Gasteiger partial charge in [0, 0.05) is 11.8 Å². The summed E-state index contributed by atoms with van der Waals surface area (Å²) in [5.74, 6) is -0.189. The third kappa shape index (κ3) is 4.23. The molecule has 0 radical (unpaired) electrons. The quantitative estimate of drug-likeness (QED) is 0.263. The predicted molar refractivity (Wildman–Crippen MR) is 138 cm³/mol. The molecule has 0 saturated carbocycles. The molecule has 190 valence electrons. The van der Waals surface area contributed by atoms with Crippen LogP contribution in [0.4, 0.5) is 5.69 Å². The van der Waals surface area contributed by atoms with Gasteiger partial charge in [-0.1, -0.05) is 23.7 Å². The van der Waals surface area contributed by atoms with Crippen LogP contribution in [-0.4, -0.2) is 37.3 Å². The summed E-state index contributed by atoms with van der Waals surface area (Å²) >= 11 is 6.37. The number of ether oxygens (including phenoxy) is 4. The molecule has 0 bridgehead atoms. The van der Waals surface area contributed by atoms with E-state index in [-0.39, 0.29) is 34.5 Å². The Bertz CT molecular complexity index is 1430. The smallest absolute Gasteiger partial charge is 0.300 e. The average Bonchev–Trinajstić information content (AvgIpc) is 3.45. The summed E-state index contributed by atoms with van der Waals surface area (Å²) in [4.78, 5) is 28.3. The minimum Gasteiger partial charge on any atom is -0.507 e. The van der Waals surface area contributed by atoms with Crippen LogP contribution in [0.5, 0.6) is 23.0 Å². The molecule has 3 aromatic carbocycles. The number of ketones is 1. The first kappa shape index (κ1) is 24.5. The number of aliphatic hydroxyl groups excluding tert-OH is 1. The van der Waals surface area contributed by atoms with Crippen molar-refractivity contribution in [3.63, 3.8) is 0 Å². The third-order valence-electron chi connectivity index (χ3n) is 6.23. The number of nitrogens with zero attached hydrogens (tertiary/aromatic N) is 1. The molecular formula is C28H24ClNO7. The molecule has 1 atom stereocenters. The molecule has 0 aliphatic carbocycles. The molecule has 9 heteroatoms. The van der Waals surface area contributed by atoms with E-state index in [0.717, 1.165) is 5.56 Å². The summed E-state index contributed by atoms with van der Waals surface area (Å²) in [6.45, 7) is 4.23. The maximum atomic E-state index is 13.5. The number of fused-ring (bicyclic) bond motifs is 1. The maximum absolute atomic E-state index is 13.5. The second kappa shape index (κ2) is 9.71. The summed E-state index contributed by atoms with van der Waals surface area (Å²) in [6.07, 6.45) is 0. The van der Waals surface area contributed by atoms with Crippen LogP contribution in [0.1, 0.15) is 29.7 Å². The van der Waals surface area contributed by atoms with Gasteiger partial charge in [-0.25, -0.2) is 0 Å². The van der Waals surface area contributed by atoms with Crippen molar-refractivity contribution in [3.8, 4) is 23.0 Å². The average molecular weight is 522 g/mol. The first-order chi connectivity index (χ1) is 17.8. The first-order valence-corrected chi connectivity index (χ1v) is 12.0. The summed E-state index contributed by atoms with van der Waals surface area (Å²) in [6, 6.07) is 14.4. The number of aliphatic hydroxyl groups is 1. The van der Waals surface area contributed by atoms with Crippen molar-refractivity contribution in [2.24, 2.45) is 0 Å². The van der Waals surface area contributed by atoms with Gasteiger partial charge in [-0.3, -0.25) is 14.5 Å². The van der Waals surface area contributed by atoms with E-state index in [2.05, 4.69) is 0 Å². The Hall–Kier alpha value is -4.17.